The van der Waals surface area contributed by atoms with Crippen LogP contribution in [0.4, 0.5) is 0 Å². The largest absolute Gasteiger partial charge is 0.341 e. The minimum absolute atomic E-state index is 0.166. The zero-order valence-electron chi connectivity index (χ0n) is 11.2. The second-order valence-corrected chi connectivity index (χ2v) is 5.55. The van der Waals surface area contributed by atoms with E-state index in [0.29, 0.717) is 19.0 Å². The first-order valence-corrected chi connectivity index (χ1v) is 7.00. The molecule has 0 unspecified atom stereocenters. The summed E-state index contributed by atoms with van der Waals surface area (Å²) < 4.78 is 1.05. The third kappa shape index (κ3) is 5.19. The molecule has 0 bridgehead atoms. The van der Waals surface area contributed by atoms with Crippen LogP contribution in [0.3, 0.4) is 0 Å². The van der Waals surface area contributed by atoms with Gasteiger partial charge in [0.2, 0.25) is 5.91 Å². The normalized spacial score (nSPS) is 10.7. The molecular formula is C14H21BrN2O. The third-order valence-corrected chi connectivity index (χ3v) is 3.46. The number of hydrogen-bond acceptors (Lipinski definition) is 2. The van der Waals surface area contributed by atoms with Crippen molar-refractivity contribution in [3.05, 3.63) is 34.3 Å². The molecule has 3 nitrogen and oxygen atoms in total. The standard InChI is InChI=1S/C14H21BrN2O/c1-11(2)16-9-8-14(18)17(3)10-12-6-4-5-7-13(12)15/h4-7,11,16H,8-10H2,1-3H3. The lowest BCUT2D eigenvalue weighted by Gasteiger charge is -2.18. The summed E-state index contributed by atoms with van der Waals surface area (Å²) in [6, 6.07) is 8.40. The average molecular weight is 313 g/mol. The van der Waals surface area contributed by atoms with Gasteiger partial charge in [0.1, 0.15) is 0 Å². The Morgan fingerprint density at radius 3 is 2.67 bits per heavy atom. The maximum atomic E-state index is 11.9. The molecule has 100 valence electrons. The Labute approximate surface area is 118 Å². The lowest BCUT2D eigenvalue weighted by atomic mass is 10.2. The lowest BCUT2D eigenvalue weighted by molar-refractivity contribution is -0.130. The van der Waals surface area contributed by atoms with E-state index < -0.39 is 0 Å². The molecule has 18 heavy (non-hydrogen) atoms. The Morgan fingerprint density at radius 2 is 2.06 bits per heavy atom. The van der Waals surface area contributed by atoms with E-state index in [2.05, 4.69) is 35.1 Å². The van der Waals surface area contributed by atoms with Crippen molar-refractivity contribution in [2.45, 2.75) is 32.9 Å². The monoisotopic (exact) mass is 312 g/mol. The van der Waals surface area contributed by atoms with Crippen molar-refractivity contribution >= 4 is 21.8 Å². The predicted octanol–water partition coefficient (Wildman–Crippen LogP) is 2.80. The SMILES string of the molecule is CC(C)NCCC(=O)N(C)Cc1ccccc1Br. The van der Waals surface area contributed by atoms with Crippen LogP contribution in [-0.2, 0) is 11.3 Å². The first kappa shape index (κ1) is 15.2. The molecule has 1 N–H and O–H groups in total. The van der Waals surface area contributed by atoms with Gasteiger partial charge in [-0.3, -0.25) is 4.79 Å². The summed E-state index contributed by atoms with van der Waals surface area (Å²) >= 11 is 3.50. The van der Waals surface area contributed by atoms with E-state index in [0.717, 1.165) is 16.6 Å². The molecular weight excluding hydrogens is 292 g/mol. The number of rotatable bonds is 6. The molecule has 0 aliphatic heterocycles. The van der Waals surface area contributed by atoms with E-state index in [4.69, 9.17) is 0 Å². The summed E-state index contributed by atoms with van der Waals surface area (Å²) in [7, 11) is 1.84. The first-order valence-electron chi connectivity index (χ1n) is 6.21. The number of benzene rings is 1. The van der Waals surface area contributed by atoms with Gasteiger partial charge in [0, 0.05) is 37.1 Å². The fourth-order valence-corrected chi connectivity index (χ4v) is 2.04. The maximum Gasteiger partial charge on any atom is 0.223 e. The highest BCUT2D eigenvalue weighted by Crippen LogP contribution is 2.17. The molecule has 0 saturated heterocycles. The van der Waals surface area contributed by atoms with Gasteiger partial charge >= 0.3 is 0 Å². The minimum atomic E-state index is 0.166. The minimum Gasteiger partial charge on any atom is -0.341 e. The van der Waals surface area contributed by atoms with Crippen LogP contribution in [0.25, 0.3) is 0 Å². The highest BCUT2D eigenvalue weighted by molar-refractivity contribution is 9.10. The van der Waals surface area contributed by atoms with E-state index in [1.807, 2.05) is 31.3 Å². The van der Waals surface area contributed by atoms with Crippen LogP contribution in [0.2, 0.25) is 0 Å². The highest BCUT2D eigenvalue weighted by Gasteiger charge is 2.10. The summed E-state index contributed by atoms with van der Waals surface area (Å²) in [6.07, 6.45) is 0.541. The Balaban J connectivity index is 2.43. The van der Waals surface area contributed by atoms with Crippen LogP contribution in [0.1, 0.15) is 25.8 Å². The van der Waals surface area contributed by atoms with Crippen molar-refractivity contribution in [2.75, 3.05) is 13.6 Å². The van der Waals surface area contributed by atoms with Crippen molar-refractivity contribution in [1.82, 2.24) is 10.2 Å². The van der Waals surface area contributed by atoms with Gasteiger partial charge < -0.3 is 10.2 Å². The van der Waals surface area contributed by atoms with E-state index in [1.54, 1.807) is 4.90 Å². The van der Waals surface area contributed by atoms with Gasteiger partial charge in [-0.2, -0.15) is 0 Å². The van der Waals surface area contributed by atoms with Gasteiger partial charge in [0.15, 0.2) is 0 Å². The molecule has 0 aromatic heterocycles. The van der Waals surface area contributed by atoms with Crippen LogP contribution in [0.15, 0.2) is 28.7 Å². The number of hydrogen-bond donors (Lipinski definition) is 1. The smallest absolute Gasteiger partial charge is 0.223 e. The highest BCUT2D eigenvalue weighted by atomic mass is 79.9. The topological polar surface area (TPSA) is 32.3 Å². The summed E-state index contributed by atoms with van der Waals surface area (Å²) in [6.45, 7) is 5.53. The van der Waals surface area contributed by atoms with Crippen molar-refractivity contribution in [1.29, 1.82) is 0 Å². The summed E-state index contributed by atoms with van der Waals surface area (Å²) in [5, 5.41) is 3.25. The van der Waals surface area contributed by atoms with Gasteiger partial charge in [-0.15, -0.1) is 0 Å². The molecule has 0 spiro atoms. The molecule has 1 rings (SSSR count). The molecule has 0 atom stereocenters. The Kier molecular flexibility index (Phi) is 6.36. The Morgan fingerprint density at radius 1 is 1.39 bits per heavy atom. The Bertz CT molecular complexity index is 393. The molecule has 0 radical (unpaired) electrons. The Hall–Kier alpha value is -0.870. The van der Waals surface area contributed by atoms with Crippen LogP contribution >= 0.6 is 15.9 Å². The van der Waals surface area contributed by atoms with Gasteiger partial charge in [0.25, 0.3) is 0 Å². The molecule has 1 amide bonds. The van der Waals surface area contributed by atoms with E-state index in [9.17, 15) is 4.79 Å². The number of carbonyl (C=O) groups excluding carboxylic acids is 1. The molecule has 0 heterocycles. The molecule has 0 aliphatic carbocycles. The number of nitrogens with one attached hydrogen (secondary N) is 1. The predicted molar refractivity (Wildman–Crippen MR) is 78.4 cm³/mol. The van der Waals surface area contributed by atoms with Crippen LogP contribution in [0, 0.1) is 0 Å². The molecule has 0 saturated carbocycles. The van der Waals surface area contributed by atoms with Crippen LogP contribution in [0.5, 0.6) is 0 Å². The summed E-state index contributed by atoms with van der Waals surface area (Å²) in [5.41, 5.74) is 1.13. The van der Waals surface area contributed by atoms with Gasteiger partial charge in [-0.25, -0.2) is 0 Å². The fraction of sp³-hybridized carbons (Fsp3) is 0.500. The molecule has 0 aliphatic rings. The van der Waals surface area contributed by atoms with E-state index in [-0.39, 0.29) is 5.91 Å². The molecule has 1 aromatic carbocycles. The first-order chi connectivity index (χ1) is 8.50. The van der Waals surface area contributed by atoms with E-state index in [1.165, 1.54) is 0 Å². The van der Waals surface area contributed by atoms with Crippen molar-refractivity contribution in [2.24, 2.45) is 0 Å². The lowest BCUT2D eigenvalue weighted by Crippen LogP contribution is -2.31. The average Bonchev–Trinajstić information content (AvgIpc) is 2.31. The number of carbonyl (C=O) groups is 1. The van der Waals surface area contributed by atoms with Crippen LogP contribution in [-0.4, -0.2) is 30.4 Å². The molecule has 0 fully saturated rings. The van der Waals surface area contributed by atoms with Crippen LogP contribution < -0.4 is 5.32 Å². The summed E-state index contributed by atoms with van der Waals surface area (Å²) in [4.78, 5) is 13.7. The molecule has 1 aromatic rings. The number of halogens is 1. The zero-order chi connectivity index (χ0) is 13.5. The van der Waals surface area contributed by atoms with Crippen molar-refractivity contribution < 1.29 is 4.79 Å². The third-order valence-electron chi connectivity index (χ3n) is 2.68. The summed E-state index contributed by atoms with van der Waals surface area (Å²) in [5.74, 6) is 0.166. The van der Waals surface area contributed by atoms with Gasteiger partial charge in [0.05, 0.1) is 0 Å². The van der Waals surface area contributed by atoms with E-state index >= 15 is 0 Å². The number of amides is 1. The number of nitrogens with zero attached hydrogens (tertiary/aromatic N) is 1. The second kappa shape index (κ2) is 7.54. The quantitative estimate of drug-likeness (QED) is 0.876. The van der Waals surface area contributed by atoms with Crippen molar-refractivity contribution in [3.8, 4) is 0 Å². The van der Waals surface area contributed by atoms with Crippen molar-refractivity contribution in [3.63, 3.8) is 0 Å². The molecule has 4 heteroatoms. The zero-order valence-corrected chi connectivity index (χ0v) is 12.8. The van der Waals surface area contributed by atoms with Gasteiger partial charge in [-0.05, 0) is 11.6 Å². The van der Waals surface area contributed by atoms with Gasteiger partial charge in [-0.1, -0.05) is 48.0 Å². The maximum absolute atomic E-state index is 11.9. The fourth-order valence-electron chi connectivity index (χ4n) is 1.63. The second-order valence-electron chi connectivity index (χ2n) is 4.70.